The van der Waals surface area contributed by atoms with Crippen molar-refractivity contribution in [3.63, 3.8) is 0 Å². The van der Waals surface area contributed by atoms with Gasteiger partial charge in [0.1, 0.15) is 0 Å². The number of hydrogen-bond donors (Lipinski definition) is 3. The average Bonchev–Trinajstić information content (AvgIpc) is 2.74. The van der Waals surface area contributed by atoms with Crippen LogP contribution in [-0.2, 0) is 21.8 Å². The summed E-state index contributed by atoms with van der Waals surface area (Å²) in [5.41, 5.74) is 16.0. The summed E-state index contributed by atoms with van der Waals surface area (Å²) in [6.07, 6.45) is -0.0443. The predicted octanol–water partition coefficient (Wildman–Crippen LogP) is -0.832. The Balaban J connectivity index is 2.54. The summed E-state index contributed by atoms with van der Waals surface area (Å²) in [5.74, 6) is -0.351. The van der Waals surface area contributed by atoms with Crippen LogP contribution < -0.4 is 17.2 Å². The van der Waals surface area contributed by atoms with Crippen molar-refractivity contribution in [2.45, 2.75) is 12.2 Å². The first-order valence-electron chi connectivity index (χ1n) is 5.20. The summed E-state index contributed by atoms with van der Waals surface area (Å²) in [6.45, 7) is 0.0149. The van der Waals surface area contributed by atoms with Gasteiger partial charge in [0.2, 0.25) is 11.0 Å². The van der Waals surface area contributed by atoms with Crippen LogP contribution in [0.25, 0.3) is 0 Å². The number of amides is 1. The topological polar surface area (TPSA) is 164 Å². The molecule has 9 nitrogen and oxygen atoms in total. The molecule has 1 heterocycles. The molecule has 12 heteroatoms. The van der Waals surface area contributed by atoms with Gasteiger partial charge in [-0.15, -0.1) is 11.3 Å². The van der Waals surface area contributed by atoms with E-state index in [1.807, 2.05) is 0 Å². The standard InChI is InChI=1S/C8H14N6O3S3/c9-6(15)1-2-14(20(16)17)19-4-5-3-18-8(12-5)13-7(10)11/h3H,1-2,4H2,(H2,9,15)(H,16,17)(H4,10,11,12,13)/p-1. The van der Waals surface area contributed by atoms with Crippen molar-refractivity contribution in [1.29, 1.82) is 0 Å². The lowest BCUT2D eigenvalue weighted by Gasteiger charge is -2.21. The smallest absolute Gasteiger partial charge is 0.218 e. The normalized spacial score (nSPS) is 12.3. The highest BCUT2D eigenvalue weighted by Gasteiger charge is 2.10. The zero-order valence-electron chi connectivity index (χ0n) is 10.2. The summed E-state index contributed by atoms with van der Waals surface area (Å²) < 4.78 is 23.0. The second kappa shape index (κ2) is 8.16. The van der Waals surface area contributed by atoms with Crippen LogP contribution in [0.1, 0.15) is 12.1 Å². The molecule has 0 aromatic carbocycles. The minimum Gasteiger partial charge on any atom is -0.759 e. The van der Waals surface area contributed by atoms with Crippen molar-refractivity contribution >= 4 is 51.5 Å². The van der Waals surface area contributed by atoms with E-state index in [1.54, 1.807) is 5.38 Å². The highest BCUT2D eigenvalue weighted by atomic mass is 32.3. The Hall–Kier alpha value is -1.21. The van der Waals surface area contributed by atoms with Gasteiger partial charge in [-0.1, -0.05) is 11.9 Å². The van der Waals surface area contributed by atoms with Gasteiger partial charge in [0.25, 0.3) is 0 Å². The Morgan fingerprint density at radius 2 is 2.25 bits per heavy atom. The molecule has 1 unspecified atom stereocenters. The van der Waals surface area contributed by atoms with Gasteiger partial charge in [0.05, 0.1) is 11.4 Å². The van der Waals surface area contributed by atoms with Crippen LogP contribution in [-0.4, -0.2) is 35.9 Å². The fourth-order valence-electron chi connectivity index (χ4n) is 1.05. The highest BCUT2D eigenvalue weighted by molar-refractivity contribution is 8.04. The maximum atomic E-state index is 11.0. The van der Waals surface area contributed by atoms with E-state index in [-0.39, 0.29) is 18.9 Å². The molecule has 0 bridgehead atoms. The Bertz CT molecular complexity index is 515. The first-order chi connectivity index (χ1) is 9.38. The Labute approximate surface area is 126 Å². The van der Waals surface area contributed by atoms with Crippen LogP contribution in [0, 0.1) is 0 Å². The molecule has 1 amide bonds. The number of nitrogens with zero attached hydrogens (tertiary/aromatic N) is 3. The molecule has 0 radical (unpaired) electrons. The van der Waals surface area contributed by atoms with E-state index < -0.39 is 17.2 Å². The van der Waals surface area contributed by atoms with Crippen molar-refractivity contribution in [2.24, 2.45) is 22.2 Å². The molecule has 1 aromatic heterocycles. The van der Waals surface area contributed by atoms with E-state index in [4.69, 9.17) is 17.2 Å². The van der Waals surface area contributed by atoms with Gasteiger partial charge >= 0.3 is 0 Å². The fraction of sp³-hybridized carbons (Fsp3) is 0.375. The maximum absolute atomic E-state index is 11.0. The number of carbonyl (C=O) groups is 1. The van der Waals surface area contributed by atoms with Gasteiger partial charge in [0, 0.05) is 29.6 Å². The molecule has 6 N–H and O–H groups in total. The second-order valence-electron chi connectivity index (χ2n) is 3.42. The molecular weight excluding hydrogens is 324 g/mol. The van der Waals surface area contributed by atoms with Crippen molar-refractivity contribution in [2.75, 3.05) is 6.54 Å². The van der Waals surface area contributed by atoms with Crippen molar-refractivity contribution in [3.8, 4) is 0 Å². The largest absolute Gasteiger partial charge is 0.759 e. The number of aromatic nitrogens is 1. The van der Waals surface area contributed by atoms with Gasteiger partial charge < -0.3 is 21.8 Å². The third-order valence-electron chi connectivity index (χ3n) is 1.83. The summed E-state index contributed by atoms with van der Waals surface area (Å²) in [6, 6.07) is 0. The third-order valence-corrected chi connectivity index (χ3v) is 4.70. The summed E-state index contributed by atoms with van der Waals surface area (Å²) in [7, 11) is 0. The number of thiazole rings is 1. The molecule has 0 aliphatic heterocycles. The molecule has 0 aliphatic carbocycles. The van der Waals surface area contributed by atoms with Crippen molar-refractivity contribution < 1.29 is 13.6 Å². The first kappa shape index (κ1) is 16.8. The Morgan fingerprint density at radius 1 is 1.55 bits per heavy atom. The van der Waals surface area contributed by atoms with Crippen molar-refractivity contribution in [3.05, 3.63) is 11.1 Å². The van der Waals surface area contributed by atoms with Crippen LogP contribution in [0.5, 0.6) is 0 Å². The zero-order chi connectivity index (χ0) is 15.1. The van der Waals surface area contributed by atoms with E-state index in [9.17, 15) is 13.6 Å². The lowest BCUT2D eigenvalue weighted by atomic mass is 10.4. The van der Waals surface area contributed by atoms with Gasteiger partial charge in [-0.3, -0.25) is 9.00 Å². The number of guanidine groups is 1. The number of rotatable bonds is 8. The van der Waals surface area contributed by atoms with E-state index in [0.717, 1.165) is 15.7 Å². The first-order valence-corrected chi connectivity index (χ1v) is 8.06. The van der Waals surface area contributed by atoms with Crippen LogP contribution in [0.4, 0.5) is 5.13 Å². The van der Waals surface area contributed by atoms with E-state index in [2.05, 4.69) is 9.98 Å². The van der Waals surface area contributed by atoms with Gasteiger partial charge in [0.15, 0.2) is 5.96 Å². The van der Waals surface area contributed by atoms with E-state index in [1.165, 1.54) is 11.3 Å². The van der Waals surface area contributed by atoms with Crippen LogP contribution in [0.3, 0.4) is 0 Å². The summed E-state index contributed by atoms with van der Waals surface area (Å²) in [4.78, 5) is 18.5. The summed E-state index contributed by atoms with van der Waals surface area (Å²) in [5, 5.41) is 2.11. The molecule has 112 valence electrons. The van der Waals surface area contributed by atoms with Gasteiger partial charge in [-0.05, 0) is 0 Å². The highest BCUT2D eigenvalue weighted by Crippen LogP contribution is 2.24. The molecule has 0 aliphatic rings. The number of aliphatic imine (C=N–C) groups is 1. The molecule has 0 saturated carbocycles. The molecular formula is C8H13N6O3S3-. The monoisotopic (exact) mass is 337 g/mol. The van der Waals surface area contributed by atoms with Gasteiger partial charge in [-0.25, -0.2) is 4.98 Å². The number of primary amides is 1. The van der Waals surface area contributed by atoms with Crippen LogP contribution in [0.2, 0.25) is 0 Å². The number of nitrogens with two attached hydrogens (primary N) is 3. The van der Waals surface area contributed by atoms with E-state index in [0.29, 0.717) is 16.6 Å². The molecule has 1 aromatic rings. The van der Waals surface area contributed by atoms with E-state index >= 15 is 0 Å². The average molecular weight is 337 g/mol. The zero-order valence-corrected chi connectivity index (χ0v) is 12.7. The van der Waals surface area contributed by atoms with Crippen LogP contribution in [0.15, 0.2) is 10.4 Å². The molecule has 0 spiro atoms. The van der Waals surface area contributed by atoms with Crippen LogP contribution >= 0.6 is 23.3 Å². The molecule has 0 fully saturated rings. The molecule has 1 rings (SSSR count). The Kier molecular flexibility index (Phi) is 6.87. The fourth-order valence-corrected chi connectivity index (χ4v) is 3.24. The third kappa shape index (κ3) is 6.29. The quantitative estimate of drug-likeness (QED) is 0.241. The molecule has 0 saturated heterocycles. The second-order valence-corrected chi connectivity index (χ2v) is 6.35. The minimum atomic E-state index is -2.45. The van der Waals surface area contributed by atoms with Crippen molar-refractivity contribution in [1.82, 2.24) is 8.69 Å². The SMILES string of the molecule is NC(=O)CCN(SCc1csc(N=C(N)N)n1)S(=O)[O-]. The Morgan fingerprint density at radius 3 is 2.80 bits per heavy atom. The lowest BCUT2D eigenvalue weighted by molar-refractivity contribution is -0.117. The predicted molar refractivity (Wildman–Crippen MR) is 78.3 cm³/mol. The molecule has 20 heavy (non-hydrogen) atoms. The minimum absolute atomic E-state index is 0.0149. The molecule has 1 atom stereocenters. The summed E-state index contributed by atoms with van der Waals surface area (Å²) >= 11 is -0.208. The van der Waals surface area contributed by atoms with Gasteiger partial charge in [-0.2, -0.15) is 8.70 Å². The number of carbonyl (C=O) groups excluding carboxylic acids is 1. The lowest BCUT2D eigenvalue weighted by Crippen LogP contribution is -2.24. The maximum Gasteiger partial charge on any atom is 0.218 e. The number of hydrogen-bond acceptors (Lipinski definition) is 7.